The molecule has 0 spiro atoms. The van der Waals surface area contributed by atoms with Gasteiger partial charge in [0.25, 0.3) is 0 Å². The average Bonchev–Trinajstić information content (AvgIpc) is 2.47. The van der Waals surface area contributed by atoms with Gasteiger partial charge in [0, 0.05) is 5.56 Å². The molecule has 1 aromatic carbocycles. The Morgan fingerprint density at radius 1 is 1.05 bits per heavy atom. The van der Waals surface area contributed by atoms with E-state index in [1.165, 1.54) is 6.42 Å². The average molecular weight is 261 g/mol. The summed E-state index contributed by atoms with van der Waals surface area (Å²) in [5.41, 5.74) is 6.23. The van der Waals surface area contributed by atoms with Gasteiger partial charge in [-0.05, 0) is 31.0 Å². The molecule has 1 aliphatic heterocycles. The highest BCUT2D eigenvalue weighted by Crippen LogP contribution is 2.34. The summed E-state index contributed by atoms with van der Waals surface area (Å²) in [6.45, 7) is 1.08. The van der Waals surface area contributed by atoms with E-state index in [1.807, 2.05) is 0 Å². The van der Waals surface area contributed by atoms with Crippen molar-refractivity contribution in [1.82, 2.24) is 0 Å². The predicted molar refractivity (Wildman–Crippen MR) is 71.8 cm³/mol. The Kier molecular flexibility index (Phi) is 3.19. The molecule has 0 bridgehead atoms. The number of carbonyl (C=O) groups excluding carboxylic acids is 1. The van der Waals surface area contributed by atoms with E-state index in [1.54, 1.807) is 18.2 Å². The van der Waals surface area contributed by atoms with Crippen molar-refractivity contribution >= 4 is 5.78 Å². The molecular formula is C15H19NO3. The van der Waals surface area contributed by atoms with Gasteiger partial charge in [-0.3, -0.25) is 4.79 Å². The molecule has 3 rings (SSSR count). The highest BCUT2D eigenvalue weighted by atomic mass is 16.6. The maximum atomic E-state index is 12.6. The summed E-state index contributed by atoms with van der Waals surface area (Å²) in [6.07, 6.45) is 4.80. The third-order valence-electron chi connectivity index (χ3n) is 4.00. The van der Waals surface area contributed by atoms with Crippen LogP contribution >= 0.6 is 0 Å². The number of rotatable bonds is 2. The number of ether oxygens (including phenoxy) is 2. The highest BCUT2D eigenvalue weighted by molar-refractivity contribution is 6.03. The molecule has 1 aliphatic carbocycles. The Morgan fingerprint density at radius 3 is 2.47 bits per heavy atom. The molecule has 4 heteroatoms. The number of ketones is 1. The number of nitrogens with two attached hydrogens (primary N) is 1. The summed E-state index contributed by atoms with van der Waals surface area (Å²) < 4.78 is 11.0. The molecule has 0 atom stereocenters. The van der Waals surface area contributed by atoms with E-state index in [0.29, 0.717) is 30.3 Å². The molecule has 1 fully saturated rings. The van der Waals surface area contributed by atoms with Gasteiger partial charge in [-0.25, -0.2) is 0 Å². The van der Waals surface area contributed by atoms with Gasteiger partial charge in [-0.2, -0.15) is 0 Å². The molecule has 0 unspecified atom stereocenters. The second kappa shape index (κ2) is 4.85. The van der Waals surface area contributed by atoms with Gasteiger partial charge in [0.1, 0.15) is 13.2 Å². The number of Topliss-reactive ketones (excluding diaryl/α,β-unsaturated/α-hetero) is 1. The Balaban J connectivity index is 1.87. The molecule has 102 valence electrons. The highest BCUT2D eigenvalue weighted by Gasteiger charge is 2.36. The van der Waals surface area contributed by atoms with E-state index in [9.17, 15) is 4.79 Å². The van der Waals surface area contributed by atoms with Gasteiger partial charge in [-0.1, -0.05) is 19.3 Å². The van der Waals surface area contributed by atoms with Crippen LogP contribution in [0.15, 0.2) is 18.2 Å². The summed E-state index contributed by atoms with van der Waals surface area (Å²) in [7, 11) is 0. The Labute approximate surface area is 112 Å². The summed E-state index contributed by atoms with van der Waals surface area (Å²) in [5, 5.41) is 0. The number of carbonyl (C=O) groups is 1. The van der Waals surface area contributed by atoms with E-state index in [0.717, 1.165) is 25.7 Å². The van der Waals surface area contributed by atoms with Gasteiger partial charge in [-0.15, -0.1) is 0 Å². The Bertz CT molecular complexity index is 492. The summed E-state index contributed by atoms with van der Waals surface area (Å²) in [4.78, 5) is 12.6. The first-order valence-corrected chi connectivity index (χ1v) is 6.92. The SMILES string of the molecule is NC1(C(=O)c2ccc3c(c2)OCCO3)CCCCC1. The Hall–Kier alpha value is -1.55. The smallest absolute Gasteiger partial charge is 0.182 e. The zero-order chi connectivity index (χ0) is 13.3. The summed E-state index contributed by atoms with van der Waals surface area (Å²) >= 11 is 0. The fourth-order valence-corrected chi connectivity index (χ4v) is 2.88. The second-order valence-corrected chi connectivity index (χ2v) is 5.40. The third kappa shape index (κ3) is 2.32. The molecule has 0 radical (unpaired) electrons. The van der Waals surface area contributed by atoms with Crippen molar-refractivity contribution in [3.8, 4) is 11.5 Å². The number of fused-ring (bicyclic) bond motifs is 1. The van der Waals surface area contributed by atoms with Crippen LogP contribution in [0.4, 0.5) is 0 Å². The van der Waals surface area contributed by atoms with Gasteiger partial charge in [0.05, 0.1) is 5.54 Å². The maximum absolute atomic E-state index is 12.6. The minimum absolute atomic E-state index is 0.0316. The van der Waals surface area contributed by atoms with Crippen LogP contribution in [0.2, 0.25) is 0 Å². The lowest BCUT2D eigenvalue weighted by molar-refractivity contribution is 0.0846. The van der Waals surface area contributed by atoms with Gasteiger partial charge < -0.3 is 15.2 Å². The van der Waals surface area contributed by atoms with Crippen LogP contribution in [-0.4, -0.2) is 24.5 Å². The van der Waals surface area contributed by atoms with Crippen molar-refractivity contribution < 1.29 is 14.3 Å². The summed E-state index contributed by atoms with van der Waals surface area (Å²) in [5.74, 6) is 1.39. The van der Waals surface area contributed by atoms with Crippen LogP contribution in [0.1, 0.15) is 42.5 Å². The minimum atomic E-state index is -0.692. The monoisotopic (exact) mass is 261 g/mol. The molecule has 4 nitrogen and oxygen atoms in total. The predicted octanol–water partition coefficient (Wildman–Crippen LogP) is 2.30. The van der Waals surface area contributed by atoms with Crippen molar-refractivity contribution in [2.75, 3.05) is 13.2 Å². The van der Waals surface area contributed by atoms with Gasteiger partial charge in [0.2, 0.25) is 0 Å². The van der Waals surface area contributed by atoms with Crippen LogP contribution in [0.3, 0.4) is 0 Å². The normalized spacial score (nSPS) is 20.9. The molecule has 0 saturated heterocycles. The lowest BCUT2D eigenvalue weighted by Gasteiger charge is -2.32. The molecule has 1 aromatic rings. The fraction of sp³-hybridized carbons (Fsp3) is 0.533. The standard InChI is InChI=1S/C15H19NO3/c16-15(6-2-1-3-7-15)14(17)11-4-5-12-13(10-11)19-9-8-18-12/h4-5,10H,1-3,6-9,16H2. The fourth-order valence-electron chi connectivity index (χ4n) is 2.88. The first kappa shape index (κ1) is 12.5. The van der Waals surface area contributed by atoms with E-state index < -0.39 is 5.54 Å². The lowest BCUT2D eigenvalue weighted by Crippen LogP contribution is -2.49. The largest absolute Gasteiger partial charge is 0.486 e. The van der Waals surface area contributed by atoms with E-state index in [4.69, 9.17) is 15.2 Å². The zero-order valence-corrected chi connectivity index (χ0v) is 11.0. The topological polar surface area (TPSA) is 61.6 Å². The first-order chi connectivity index (χ1) is 9.19. The van der Waals surface area contributed by atoms with Crippen molar-refractivity contribution in [1.29, 1.82) is 0 Å². The molecule has 1 saturated carbocycles. The minimum Gasteiger partial charge on any atom is -0.486 e. The van der Waals surface area contributed by atoms with Crippen molar-refractivity contribution in [2.24, 2.45) is 5.73 Å². The second-order valence-electron chi connectivity index (χ2n) is 5.40. The van der Waals surface area contributed by atoms with Crippen LogP contribution in [0.25, 0.3) is 0 Å². The quantitative estimate of drug-likeness (QED) is 0.830. The first-order valence-electron chi connectivity index (χ1n) is 6.92. The molecule has 2 aliphatic rings. The molecule has 2 N–H and O–H groups in total. The van der Waals surface area contributed by atoms with Crippen LogP contribution in [-0.2, 0) is 0 Å². The van der Waals surface area contributed by atoms with Crippen molar-refractivity contribution in [3.63, 3.8) is 0 Å². The number of hydrogen-bond acceptors (Lipinski definition) is 4. The molecular weight excluding hydrogens is 242 g/mol. The van der Waals surface area contributed by atoms with Crippen LogP contribution < -0.4 is 15.2 Å². The molecule has 1 heterocycles. The van der Waals surface area contributed by atoms with Gasteiger partial charge >= 0.3 is 0 Å². The van der Waals surface area contributed by atoms with E-state index in [2.05, 4.69) is 0 Å². The maximum Gasteiger partial charge on any atom is 0.182 e. The zero-order valence-electron chi connectivity index (χ0n) is 11.0. The molecule has 19 heavy (non-hydrogen) atoms. The van der Waals surface area contributed by atoms with E-state index >= 15 is 0 Å². The third-order valence-corrected chi connectivity index (χ3v) is 4.00. The van der Waals surface area contributed by atoms with Crippen molar-refractivity contribution in [3.05, 3.63) is 23.8 Å². The van der Waals surface area contributed by atoms with Crippen LogP contribution in [0, 0.1) is 0 Å². The van der Waals surface area contributed by atoms with Crippen LogP contribution in [0.5, 0.6) is 11.5 Å². The van der Waals surface area contributed by atoms with Crippen molar-refractivity contribution in [2.45, 2.75) is 37.6 Å². The van der Waals surface area contributed by atoms with Gasteiger partial charge in [0.15, 0.2) is 17.3 Å². The number of hydrogen-bond donors (Lipinski definition) is 1. The lowest BCUT2D eigenvalue weighted by atomic mass is 9.77. The summed E-state index contributed by atoms with van der Waals surface area (Å²) in [6, 6.07) is 5.35. The number of benzene rings is 1. The molecule has 0 aromatic heterocycles. The Morgan fingerprint density at radius 2 is 1.74 bits per heavy atom. The molecule has 0 amide bonds. The van der Waals surface area contributed by atoms with E-state index in [-0.39, 0.29) is 5.78 Å².